The van der Waals surface area contributed by atoms with Crippen molar-refractivity contribution in [3.05, 3.63) is 29.3 Å². The second-order valence-electron chi connectivity index (χ2n) is 4.97. The Morgan fingerprint density at radius 1 is 1.33 bits per heavy atom. The van der Waals surface area contributed by atoms with Crippen LogP contribution in [0, 0.1) is 12.8 Å². The minimum absolute atomic E-state index is 0.629. The zero-order valence-corrected chi connectivity index (χ0v) is 11.2. The van der Waals surface area contributed by atoms with E-state index in [-0.39, 0.29) is 0 Å². The summed E-state index contributed by atoms with van der Waals surface area (Å²) in [7, 11) is 0. The van der Waals surface area contributed by atoms with E-state index in [0.717, 1.165) is 44.8 Å². The smallest absolute Gasteiger partial charge is 0.125 e. The van der Waals surface area contributed by atoms with E-state index in [0.29, 0.717) is 12.5 Å². The van der Waals surface area contributed by atoms with Crippen molar-refractivity contribution in [3.8, 4) is 5.75 Å². The van der Waals surface area contributed by atoms with E-state index in [1.807, 2.05) is 0 Å². The Kier molecular flexibility index (Phi) is 5.02. The van der Waals surface area contributed by atoms with Crippen molar-refractivity contribution in [2.45, 2.75) is 26.2 Å². The fourth-order valence-electron chi connectivity index (χ4n) is 2.39. The van der Waals surface area contributed by atoms with Gasteiger partial charge in [0.05, 0.1) is 6.61 Å². The molecule has 0 bridgehead atoms. The summed E-state index contributed by atoms with van der Waals surface area (Å²) >= 11 is 0. The summed E-state index contributed by atoms with van der Waals surface area (Å²) in [5.74, 6) is 1.67. The molecule has 1 saturated heterocycles. The highest BCUT2D eigenvalue weighted by atomic mass is 16.5. The summed E-state index contributed by atoms with van der Waals surface area (Å²) in [4.78, 5) is 0. The van der Waals surface area contributed by atoms with Crippen molar-refractivity contribution >= 4 is 0 Å². The Hall–Kier alpha value is -1.06. The summed E-state index contributed by atoms with van der Waals surface area (Å²) in [6.45, 7) is 5.30. The standard InChI is InChI=1S/C15H23NO2/c1-12-3-2-4-14(5-8-16)15(12)18-11-13-6-9-17-10-7-13/h2-4,13H,5-11,16H2,1H3. The molecule has 100 valence electrons. The molecule has 0 atom stereocenters. The highest BCUT2D eigenvalue weighted by Gasteiger charge is 2.15. The summed E-state index contributed by atoms with van der Waals surface area (Å²) in [6.07, 6.45) is 3.10. The molecular formula is C15H23NO2. The van der Waals surface area contributed by atoms with Crippen molar-refractivity contribution in [3.63, 3.8) is 0 Å². The van der Waals surface area contributed by atoms with Gasteiger partial charge in [-0.3, -0.25) is 0 Å². The number of hydrogen-bond donors (Lipinski definition) is 1. The number of nitrogens with two attached hydrogens (primary N) is 1. The molecule has 2 N–H and O–H groups in total. The van der Waals surface area contributed by atoms with Gasteiger partial charge in [-0.2, -0.15) is 0 Å². The molecule has 18 heavy (non-hydrogen) atoms. The van der Waals surface area contributed by atoms with Crippen LogP contribution in [0.15, 0.2) is 18.2 Å². The van der Waals surface area contributed by atoms with E-state index >= 15 is 0 Å². The summed E-state index contributed by atoms with van der Waals surface area (Å²) in [6, 6.07) is 6.28. The molecule has 1 aromatic rings. The maximum absolute atomic E-state index is 6.05. The van der Waals surface area contributed by atoms with Gasteiger partial charge in [-0.15, -0.1) is 0 Å². The molecule has 3 nitrogen and oxygen atoms in total. The normalized spacial score (nSPS) is 16.8. The number of hydrogen-bond acceptors (Lipinski definition) is 3. The third-order valence-electron chi connectivity index (χ3n) is 3.51. The first-order valence-electron chi connectivity index (χ1n) is 6.80. The predicted molar refractivity (Wildman–Crippen MR) is 73.0 cm³/mol. The van der Waals surface area contributed by atoms with E-state index in [1.165, 1.54) is 11.1 Å². The average Bonchev–Trinajstić information content (AvgIpc) is 2.40. The SMILES string of the molecule is Cc1cccc(CCN)c1OCC1CCOCC1. The maximum atomic E-state index is 6.05. The minimum atomic E-state index is 0.629. The van der Waals surface area contributed by atoms with Gasteiger partial charge < -0.3 is 15.2 Å². The first-order valence-corrected chi connectivity index (χ1v) is 6.80. The van der Waals surface area contributed by atoms with Gasteiger partial charge in [0.2, 0.25) is 0 Å². The van der Waals surface area contributed by atoms with E-state index in [4.69, 9.17) is 15.2 Å². The molecule has 0 aliphatic carbocycles. The first-order chi connectivity index (χ1) is 8.81. The van der Waals surface area contributed by atoms with E-state index in [1.54, 1.807) is 0 Å². The monoisotopic (exact) mass is 249 g/mol. The van der Waals surface area contributed by atoms with Gasteiger partial charge in [-0.05, 0) is 49.8 Å². The summed E-state index contributed by atoms with van der Waals surface area (Å²) < 4.78 is 11.4. The quantitative estimate of drug-likeness (QED) is 0.871. The predicted octanol–water partition coefficient (Wildman–Crippen LogP) is 2.30. The molecule has 1 aliphatic heterocycles. The average molecular weight is 249 g/mol. The molecule has 0 radical (unpaired) electrons. The Morgan fingerprint density at radius 3 is 2.83 bits per heavy atom. The Bertz CT molecular complexity index is 373. The lowest BCUT2D eigenvalue weighted by atomic mass is 10.0. The van der Waals surface area contributed by atoms with Gasteiger partial charge in [0.1, 0.15) is 5.75 Å². The number of para-hydroxylation sites is 1. The summed E-state index contributed by atoms with van der Waals surface area (Å²) in [5, 5.41) is 0. The van der Waals surface area contributed by atoms with Crippen LogP contribution < -0.4 is 10.5 Å². The largest absolute Gasteiger partial charge is 0.493 e. The summed E-state index contributed by atoms with van der Waals surface area (Å²) in [5.41, 5.74) is 8.07. The zero-order chi connectivity index (χ0) is 12.8. The van der Waals surface area contributed by atoms with Crippen molar-refractivity contribution < 1.29 is 9.47 Å². The van der Waals surface area contributed by atoms with Crippen molar-refractivity contribution in [2.24, 2.45) is 11.7 Å². The molecule has 1 aromatic carbocycles. The lowest BCUT2D eigenvalue weighted by Gasteiger charge is -2.23. The van der Waals surface area contributed by atoms with Gasteiger partial charge in [-0.1, -0.05) is 18.2 Å². The highest BCUT2D eigenvalue weighted by molar-refractivity contribution is 5.40. The van der Waals surface area contributed by atoms with Crippen LogP contribution in [0.1, 0.15) is 24.0 Å². The number of aryl methyl sites for hydroxylation is 1. The highest BCUT2D eigenvalue weighted by Crippen LogP contribution is 2.25. The molecule has 1 heterocycles. The van der Waals surface area contributed by atoms with Crippen LogP contribution in [0.5, 0.6) is 5.75 Å². The zero-order valence-electron chi connectivity index (χ0n) is 11.2. The Labute approximate surface area is 109 Å². The molecular weight excluding hydrogens is 226 g/mol. The topological polar surface area (TPSA) is 44.5 Å². The maximum Gasteiger partial charge on any atom is 0.125 e. The minimum Gasteiger partial charge on any atom is -0.493 e. The number of ether oxygens (including phenoxy) is 2. The molecule has 0 unspecified atom stereocenters. The van der Waals surface area contributed by atoms with Crippen LogP contribution in [-0.4, -0.2) is 26.4 Å². The van der Waals surface area contributed by atoms with Gasteiger partial charge in [0, 0.05) is 13.2 Å². The molecule has 0 spiro atoms. The molecule has 3 heteroatoms. The molecule has 2 rings (SSSR count). The van der Waals surface area contributed by atoms with Crippen LogP contribution in [0.3, 0.4) is 0 Å². The number of benzene rings is 1. The van der Waals surface area contributed by atoms with E-state index < -0.39 is 0 Å². The Morgan fingerprint density at radius 2 is 2.11 bits per heavy atom. The molecule has 1 fully saturated rings. The fourth-order valence-corrected chi connectivity index (χ4v) is 2.39. The van der Waals surface area contributed by atoms with Crippen LogP contribution in [0.2, 0.25) is 0 Å². The second-order valence-corrected chi connectivity index (χ2v) is 4.97. The third-order valence-corrected chi connectivity index (χ3v) is 3.51. The lowest BCUT2D eigenvalue weighted by molar-refractivity contribution is 0.0495. The second kappa shape index (κ2) is 6.76. The van der Waals surface area contributed by atoms with Crippen LogP contribution >= 0.6 is 0 Å². The van der Waals surface area contributed by atoms with Crippen molar-refractivity contribution in [1.82, 2.24) is 0 Å². The van der Waals surface area contributed by atoms with Gasteiger partial charge >= 0.3 is 0 Å². The van der Waals surface area contributed by atoms with Gasteiger partial charge in [-0.25, -0.2) is 0 Å². The van der Waals surface area contributed by atoms with E-state index in [2.05, 4.69) is 25.1 Å². The lowest BCUT2D eigenvalue weighted by Crippen LogP contribution is -2.22. The number of rotatable bonds is 5. The Balaban J connectivity index is 1.98. The fraction of sp³-hybridized carbons (Fsp3) is 0.600. The van der Waals surface area contributed by atoms with Crippen LogP contribution in [0.4, 0.5) is 0 Å². The van der Waals surface area contributed by atoms with Crippen LogP contribution in [0.25, 0.3) is 0 Å². The van der Waals surface area contributed by atoms with Crippen LogP contribution in [-0.2, 0) is 11.2 Å². The first kappa shape index (κ1) is 13.4. The third kappa shape index (κ3) is 3.47. The van der Waals surface area contributed by atoms with E-state index in [9.17, 15) is 0 Å². The molecule has 0 aromatic heterocycles. The molecule has 0 amide bonds. The van der Waals surface area contributed by atoms with Crippen molar-refractivity contribution in [2.75, 3.05) is 26.4 Å². The van der Waals surface area contributed by atoms with Gasteiger partial charge in [0.15, 0.2) is 0 Å². The van der Waals surface area contributed by atoms with Gasteiger partial charge in [0.25, 0.3) is 0 Å². The molecule has 1 aliphatic rings. The van der Waals surface area contributed by atoms with Crippen molar-refractivity contribution in [1.29, 1.82) is 0 Å². The molecule has 0 saturated carbocycles.